The van der Waals surface area contributed by atoms with Crippen molar-refractivity contribution in [2.45, 2.75) is 26.5 Å². The van der Waals surface area contributed by atoms with E-state index < -0.39 is 6.04 Å². The van der Waals surface area contributed by atoms with Crippen molar-refractivity contribution in [2.24, 2.45) is 0 Å². The molecule has 0 spiro atoms. The molecule has 1 amide bonds. The Labute approximate surface area is 232 Å². The lowest BCUT2D eigenvalue weighted by Gasteiger charge is -2.30. The molecule has 2 heterocycles. The molecule has 0 fully saturated rings. The molecule has 4 aromatic rings. The normalized spacial score (nSPS) is 14.7. The van der Waals surface area contributed by atoms with Gasteiger partial charge in [-0.15, -0.1) is 0 Å². The Balaban J connectivity index is 1.56. The highest BCUT2D eigenvalue weighted by atomic mass is 79.9. The molecule has 0 aliphatic carbocycles. The molecule has 2 N–H and O–H groups in total. The Kier molecular flexibility index (Phi) is 7.24. The Morgan fingerprint density at radius 3 is 2.73 bits per heavy atom. The van der Waals surface area contributed by atoms with Crippen LogP contribution >= 0.6 is 39.1 Å². The van der Waals surface area contributed by atoms with Gasteiger partial charge in [0.05, 0.1) is 5.57 Å². The van der Waals surface area contributed by atoms with Crippen molar-refractivity contribution < 1.29 is 9.53 Å². The van der Waals surface area contributed by atoms with Crippen molar-refractivity contribution in [1.29, 1.82) is 0 Å². The van der Waals surface area contributed by atoms with Crippen molar-refractivity contribution in [3.63, 3.8) is 0 Å². The van der Waals surface area contributed by atoms with Crippen LogP contribution in [0, 0.1) is 6.92 Å². The van der Waals surface area contributed by atoms with Gasteiger partial charge in [-0.1, -0.05) is 63.4 Å². The van der Waals surface area contributed by atoms with Gasteiger partial charge in [0.1, 0.15) is 24.7 Å². The highest BCUT2D eigenvalue weighted by molar-refractivity contribution is 9.10. The number of aryl methyl sites for hydroxylation is 1. The first-order chi connectivity index (χ1) is 17.8. The largest absolute Gasteiger partial charge is 0.488 e. The third-order valence-corrected chi connectivity index (χ3v) is 7.18. The number of aromatic nitrogens is 3. The minimum Gasteiger partial charge on any atom is -0.488 e. The molecule has 37 heavy (non-hydrogen) atoms. The number of allylic oxidation sites excluding steroid dienone is 1. The Morgan fingerprint density at radius 1 is 1.14 bits per heavy atom. The van der Waals surface area contributed by atoms with Gasteiger partial charge in [0, 0.05) is 37.0 Å². The number of benzene rings is 3. The van der Waals surface area contributed by atoms with E-state index in [1.807, 2.05) is 62.4 Å². The third kappa shape index (κ3) is 5.23. The summed E-state index contributed by atoms with van der Waals surface area (Å²) < 4.78 is 8.77. The van der Waals surface area contributed by atoms with Gasteiger partial charge in [-0.2, -0.15) is 10.1 Å². The minimum absolute atomic E-state index is 0.216. The first-order valence-corrected chi connectivity index (χ1v) is 13.0. The van der Waals surface area contributed by atoms with Crippen LogP contribution in [0.4, 0.5) is 11.6 Å². The number of amides is 1. The standard InChI is InChI=1S/C27H22BrCl2N5O2/c1-15-5-3-4-6-22(15)34-26(36)24-16(2)33-27-31-14-32-35(27)25(24)20-11-18(28)8-10-23(20)37-13-17-7-9-19(29)12-21(17)30/h3-12,14,25H,13H2,1-2H3,(H,34,36)(H,31,32,33). The number of fused-ring (bicyclic) bond motifs is 1. The maximum atomic E-state index is 13.7. The lowest BCUT2D eigenvalue weighted by molar-refractivity contribution is -0.113. The Hall–Kier alpha value is -3.33. The topological polar surface area (TPSA) is 81.1 Å². The van der Waals surface area contributed by atoms with Crippen LogP contribution in [0.1, 0.15) is 29.7 Å². The van der Waals surface area contributed by atoms with Crippen molar-refractivity contribution in [1.82, 2.24) is 14.8 Å². The lowest BCUT2D eigenvalue weighted by Crippen LogP contribution is -2.32. The summed E-state index contributed by atoms with van der Waals surface area (Å²) in [5.74, 6) is 0.857. The van der Waals surface area contributed by atoms with E-state index in [9.17, 15) is 4.79 Å². The zero-order valence-corrected chi connectivity index (χ0v) is 23.0. The zero-order chi connectivity index (χ0) is 26.1. The molecular formula is C27H22BrCl2N5O2. The van der Waals surface area contributed by atoms with Crippen LogP contribution in [0.2, 0.25) is 10.0 Å². The van der Waals surface area contributed by atoms with Gasteiger partial charge >= 0.3 is 0 Å². The molecule has 0 saturated carbocycles. The van der Waals surface area contributed by atoms with Crippen LogP contribution in [0.15, 0.2) is 82.7 Å². The summed E-state index contributed by atoms with van der Waals surface area (Å²) >= 11 is 16.0. The molecule has 188 valence electrons. The number of nitrogens with one attached hydrogen (secondary N) is 2. The minimum atomic E-state index is -0.601. The van der Waals surface area contributed by atoms with Gasteiger partial charge in [-0.05, 0) is 55.8 Å². The zero-order valence-electron chi connectivity index (χ0n) is 19.9. The van der Waals surface area contributed by atoms with Gasteiger partial charge < -0.3 is 15.4 Å². The van der Waals surface area contributed by atoms with Crippen LogP contribution in [0.25, 0.3) is 0 Å². The number of halogens is 3. The summed E-state index contributed by atoms with van der Waals surface area (Å²) in [5.41, 5.74) is 4.39. The molecular weight excluding hydrogens is 577 g/mol. The second kappa shape index (κ2) is 10.6. The lowest BCUT2D eigenvalue weighted by atomic mass is 9.94. The van der Waals surface area contributed by atoms with Gasteiger partial charge in [0.15, 0.2) is 0 Å². The number of hydrogen-bond donors (Lipinski definition) is 2. The summed E-state index contributed by atoms with van der Waals surface area (Å²) in [7, 11) is 0. The highest BCUT2D eigenvalue weighted by Crippen LogP contribution is 2.41. The molecule has 1 aliphatic heterocycles. The molecule has 0 radical (unpaired) electrons. The van der Waals surface area contributed by atoms with Gasteiger partial charge in [-0.3, -0.25) is 4.79 Å². The van der Waals surface area contributed by atoms with E-state index in [0.717, 1.165) is 26.9 Å². The number of carbonyl (C=O) groups is 1. The average Bonchev–Trinajstić information content (AvgIpc) is 3.32. The number of ether oxygens (including phenoxy) is 1. The molecule has 0 bridgehead atoms. The number of hydrogen-bond acceptors (Lipinski definition) is 5. The molecule has 1 unspecified atom stereocenters. The van der Waals surface area contributed by atoms with Crippen molar-refractivity contribution in [3.05, 3.63) is 109 Å². The fourth-order valence-electron chi connectivity index (χ4n) is 4.23. The molecule has 7 nitrogen and oxygen atoms in total. The highest BCUT2D eigenvalue weighted by Gasteiger charge is 2.35. The number of carbonyl (C=O) groups excluding carboxylic acids is 1. The van der Waals surface area contributed by atoms with Gasteiger partial charge in [0.25, 0.3) is 5.91 Å². The summed E-state index contributed by atoms with van der Waals surface area (Å²) in [4.78, 5) is 18.1. The maximum Gasteiger partial charge on any atom is 0.255 e. The Morgan fingerprint density at radius 2 is 1.95 bits per heavy atom. The predicted molar refractivity (Wildman–Crippen MR) is 149 cm³/mol. The van der Waals surface area contributed by atoms with Crippen molar-refractivity contribution >= 4 is 56.7 Å². The van der Waals surface area contributed by atoms with E-state index in [4.69, 9.17) is 27.9 Å². The second-order valence-electron chi connectivity index (χ2n) is 8.57. The Bertz CT molecular complexity index is 1530. The average molecular weight is 599 g/mol. The number of anilines is 2. The molecule has 1 atom stereocenters. The number of nitrogens with zero attached hydrogens (tertiary/aromatic N) is 3. The number of rotatable bonds is 6. The van der Waals surface area contributed by atoms with Gasteiger partial charge in [0.2, 0.25) is 5.95 Å². The summed E-state index contributed by atoms with van der Waals surface area (Å²) in [6.45, 7) is 4.02. The van der Waals surface area contributed by atoms with E-state index in [0.29, 0.717) is 33.0 Å². The molecule has 5 rings (SSSR count). The van der Waals surface area contributed by atoms with E-state index >= 15 is 0 Å². The fraction of sp³-hybridized carbons (Fsp3) is 0.148. The monoisotopic (exact) mass is 597 g/mol. The summed E-state index contributed by atoms with van der Waals surface area (Å²) in [6, 6.07) is 18.0. The van der Waals surface area contributed by atoms with E-state index in [2.05, 4.69) is 36.6 Å². The molecule has 1 aromatic heterocycles. The third-order valence-electron chi connectivity index (χ3n) is 6.10. The van der Waals surface area contributed by atoms with E-state index in [1.165, 1.54) is 6.33 Å². The fourth-order valence-corrected chi connectivity index (χ4v) is 5.08. The predicted octanol–water partition coefficient (Wildman–Crippen LogP) is 7.16. The van der Waals surface area contributed by atoms with Crippen molar-refractivity contribution in [3.8, 4) is 5.75 Å². The molecule has 0 saturated heterocycles. The van der Waals surface area contributed by atoms with Crippen molar-refractivity contribution in [2.75, 3.05) is 10.6 Å². The van der Waals surface area contributed by atoms with Gasteiger partial charge in [-0.25, -0.2) is 4.68 Å². The first-order valence-electron chi connectivity index (χ1n) is 11.4. The molecule has 3 aromatic carbocycles. The van der Waals surface area contributed by atoms with Crippen LogP contribution in [-0.4, -0.2) is 20.7 Å². The van der Waals surface area contributed by atoms with E-state index in [-0.39, 0.29) is 12.5 Å². The summed E-state index contributed by atoms with van der Waals surface area (Å²) in [5, 5.41) is 11.8. The van der Waals surface area contributed by atoms with Crippen LogP contribution in [0.3, 0.4) is 0 Å². The van der Waals surface area contributed by atoms with Crippen LogP contribution in [0.5, 0.6) is 5.75 Å². The van der Waals surface area contributed by atoms with Crippen LogP contribution < -0.4 is 15.4 Å². The first kappa shape index (κ1) is 25.3. The number of para-hydroxylation sites is 1. The second-order valence-corrected chi connectivity index (χ2v) is 10.3. The van der Waals surface area contributed by atoms with Crippen LogP contribution in [-0.2, 0) is 11.4 Å². The quantitative estimate of drug-likeness (QED) is 0.246. The maximum absolute atomic E-state index is 13.7. The van der Waals surface area contributed by atoms with E-state index in [1.54, 1.807) is 16.8 Å². The SMILES string of the molecule is CC1=C(C(=O)Nc2ccccc2C)C(c2cc(Br)ccc2OCc2ccc(Cl)cc2Cl)n2ncnc2N1. The molecule has 10 heteroatoms. The molecule has 1 aliphatic rings. The summed E-state index contributed by atoms with van der Waals surface area (Å²) in [6.07, 6.45) is 1.46. The smallest absolute Gasteiger partial charge is 0.255 e.